The molecule has 0 aromatic carbocycles. The van der Waals surface area contributed by atoms with Crippen molar-refractivity contribution in [3.05, 3.63) is 0 Å². The highest BCUT2D eigenvalue weighted by molar-refractivity contribution is 5.86. The molecule has 0 aliphatic carbocycles. The molecule has 0 bridgehead atoms. The van der Waals surface area contributed by atoms with E-state index in [9.17, 15) is 9.59 Å². The lowest BCUT2D eigenvalue weighted by Crippen LogP contribution is -2.37. The molecule has 0 spiro atoms. The van der Waals surface area contributed by atoms with Gasteiger partial charge in [0, 0.05) is 27.1 Å². The fraction of sp³-hybridized carbons (Fsp3) is 0.667. The van der Waals surface area contributed by atoms with Gasteiger partial charge in [0.05, 0.1) is 18.5 Å². The minimum absolute atomic E-state index is 0.0873. The molecule has 1 heterocycles. The molecular weight excluding hydrogens is 182 g/mol. The fourth-order valence-corrected chi connectivity index (χ4v) is 1.32. The van der Waals surface area contributed by atoms with Crippen LogP contribution in [0.5, 0.6) is 0 Å². The van der Waals surface area contributed by atoms with Crippen LogP contribution in [0.2, 0.25) is 0 Å². The van der Waals surface area contributed by atoms with Crippen LogP contribution in [0, 0.1) is 17.2 Å². The van der Waals surface area contributed by atoms with Crippen molar-refractivity contribution in [2.75, 3.05) is 27.2 Å². The van der Waals surface area contributed by atoms with Crippen molar-refractivity contribution in [3.63, 3.8) is 0 Å². The largest absolute Gasteiger partial charge is 0.347 e. The van der Waals surface area contributed by atoms with Crippen LogP contribution in [0.4, 0.5) is 0 Å². The monoisotopic (exact) mass is 195 g/mol. The Kier molecular flexibility index (Phi) is 3.07. The Morgan fingerprint density at radius 3 is 2.79 bits per heavy atom. The second-order valence-corrected chi connectivity index (χ2v) is 3.59. The molecule has 2 amide bonds. The van der Waals surface area contributed by atoms with Gasteiger partial charge in [0.25, 0.3) is 0 Å². The number of nitrogens with zero attached hydrogens (tertiary/aromatic N) is 3. The number of carbonyl (C=O) groups is 2. The van der Waals surface area contributed by atoms with Crippen LogP contribution >= 0.6 is 0 Å². The number of carbonyl (C=O) groups excluding carboxylic acids is 2. The lowest BCUT2D eigenvalue weighted by atomic mass is 10.1. The van der Waals surface area contributed by atoms with Crippen LogP contribution in [0.3, 0.4) is 0 Å². The van der Waals surface area contributed by atoms with Crippen LogP contribution in [0.25, 0.3) is 0 Å². The molecule has 76 valence electrons. The molecule has 1 saturated heterocycles. The first-order valence-electron chi connectivity index (χ1n) is 4.42. The average molecular weight is 195 g/mol. The van der Waals surface area contributed by atoms with E-state index >= 15 is 0 Å². The molecule has 1 atom stereocenters. The SMILES string of the molecule is CN(C)C(=O)CN1CC(C#N)CC1=O. The highest BCUT2D eigenvalue weighted by Crippen LogP contribution is 2.16. The predicted molar refractivity (Wildman–Crippen MR) is 49.0 cm³/mol. The number of hydrogen-bond donors (Lipinski definition) is 0. The summed E-state index contributed by atoms with van der Waals surface area (Å²) in [6.07, 6.45) is 0.247. The van der Waals surface area contributed by atoms with Crippen molar-refractivity contribution in [1.29, 1.82) is 5.26 Å². The van der Waals surface area contributed by atoms with Gasteiger partial charge in [-0.3, -0.25) is 9.59 Å². The van der Waals surface area contributed by atoms with Crippen molar-refractivity contribution < 1.29 is 9.59 Å². The van der Waals surface area contributed by atoms with Gasteiger partial charge in [0.1, 0.15) is 0 Å². The van der Waals surface area contributed by atoms with Gasteiger partial charge in [-0.1, -0.05) is 0 Å². The van der Waals surface area contributed by atoms with E-state index in [2.05, 4.69) is 0 Å². The summed E-state index contributed by atoms with van der Waals surface area (Å²) >= 11 is 0. The quantitative estimate of drug-likeness (QED) is 0.593. The van der Waals surface area contributed by atoms with Gasteiger partial charge in [0.15, 0.2) is 0 Å². The van der Waals surface area contributed by atoms with E-state index in [-0.39, 0.29) is 30.7 Å². The first kappa shape index (κ1) is 10.5. The van der Waals surface area contributed by atoms with Crippen molar-refractivity contribution in [2.24, 2.45) is 5.92 Å². The maximum atomic E-state index is 11.3. The Labute approximate surface area is 82.9 Å². The van der Waals surface area contributed by atoms with Gasteiger partial charge in [0.2, 0.25) is 11.8 Å². The molecule has 1 rings (SSSR count). The van der Waals surface area contributed by atoms with Crippen LogP contribution < -0.4 is 0 Å². The van der Waals surface area contributed by atoms with Crippen LogP contribution in [0.1, 0.15) is 6.42 Å². The molecule has 5 heteroatoms. The third-order valence-electron chi connectivity index (χ3n) is 2.22. The van der Waals surface area contributed by atoms with Crippen molar-refractivity contribution in [1.82, 2.24) is 9.80 Å². The predicted octanol–water partition coefficient (Wildman–Crippen LogP) is -0.553. The minimum atomic E-state index is -0.252. The van der Waals surface area contributed by atoms with Gasteiger partial charge in [-0.15, -0.1) is 0 Å². The maximum absolute atomic E-state index is 11.3. The fourth-order valence-electron chi connectivity index (χ4n) is 1.32. The lowest BCUT2D eigenvalue weighted by molar-refractivity contribution is -0.136. The highest BCUT2D eigenvalue weighted by Gasteiger charge is 2.30. The number of rotatable bonds is 2. The summed E-state index contributed by atoms with van der Waals surface area (Å²) in [4.78, 5) is 25.5. The Morgan fingerprint density at radius 2 is 2.36 bits per heavy atom. The molecule has 1 unspecified atom stereocenters. The van der Waals surface area contributed by atoms with Gasteiger partial charge in [-0.2, -0.15) is 5.26 Å². The zero-order valence-corrected chi connectivity index (χ0v) is 8.36. The zero-order valence-electron chi connectivity index (χ0n) is 8.36. The molecule has 0 aromatic rings. The first-order valence-corrected chi connectivity index (χ1v) is 4.42. The molecule has 0 radical (unpaired) electrons. The van der Waals surface area contributed by atoms with Gasteiger partial charge < -0.3 is 9.80 Å². The standard InChI is InChI=1S/C9H13N3O2/c1-11(2)9(14)6-12-5-7(4-10)3-8(12)13/h7H,3,5-6H2,1-2H3. The van der Waals surface area contributed by atoms with Gasteiger partial charge >= 0.3 is 0 Å². The molecule has 0 aromatic heterocycles. The number of likely N-dealkylation sites (tertiary alicyclic amines) is 1. The van der Waals surface area contributed by atoms with Gasteiger partial charge in [-0.05, 0) is 0 Å². The van der Waals surface area contributed by atoms with Crippen molar-refractivity contribution >= 4 is 11.8 Å². The summed E-state index contributed by atoms with van der Waals surface area (Å²) in [5, 5.41) is 8.62. The van der Waals surface area contributed by atoms with Crippen LogP contribution in [-0.2, 0) is 9.59 Å². The van der Waals surface area contributed by atoms with Crippen molar-refractivity contribution in [3.8, 4) is 6.07 Å². The van der Waals surface area contributed by atoms with E-state index in [4.69, 9.17) is 5.26 Å². The second-order valence-electron chi connectivity index (χ2n) is 3.59. The molecule has 5 nitrogen and oxygen atoms in total. The summed E-state index contributed by atoms with van der Waals surface area (Å²) in [6.45, 7) is 0.471. The van der Waals surface area contributed by atoms with E-state index in [0.29, 0.717) is 6.54 Å². The Bertz CT molecular complexity index is 293. The Balaban J connectivity index is 2.52. The molecule has 0 N–H and O–H groups in total. The van der Waals surface area contributed by atoms with E-state index in [0.717, 1.165) is 0 Å². The normalized spacial score (nSPS) is 20.8. The van der Waals surface area contributed by atoms with E-state index < -0.39 is 0 Å². The number of hydrogen-bond acceptors (Lipinski definition) is 3. The van der Waals surface area contributed by atoms with E-state index in [1.165, 1.54) is 9.80 Å². The minimum Gasteiger partial charge on any atom is -0.347 e. The van der Waals surface area contributed by atoms with E-state index in [1.54, 1.807) is 14.1 Å². The molecule has 1 fully saturated rings. The summed E-state index contributed by atoms with van der Waals surface area (Å²) < 4.78 is 0. The average Bonchev–Trinajstić information content (AvgIpc) is 2.47. The van der Waals surface area contributed by atoms with Crippen LogP contribution in [0.15, 0.2) is 0 Å². The number of amides is 2. The molecule has 1 aliphatic rings. The maximum Gasteiger partial charge on any atom is 0.241 e. The molecular formula is C9H13N3O2. The number of nitriles is 1. The summed E-state index contributed by atoms with van der Waals surface area (Å²) in [5.41, 5.74) is 0. The van der Waals surface area contributed by atoms with Gasteiger partial charge in [-0.25, -0.2) is 0 Å². The second kappa shape index (κ2) is 4.09. The highest BCUT2D eigenvalue weighted by atomic mass is 16.2. The topological polar surface area (TPSA) is 64.4 Å². The van der Waals surface area contributed by atoms with Crippen LogP contribution in [-0.4, -0.2) is 48.8 Å². The Morgan fingerprint density at radius 1 is 1.71 bits per heavy atom. The third kappa shape index (κ3) is 2.22. The molecule has 0 saturated carbocycles. The first-order chi connectivity index (χ1) is 6.54. The van der Waals surface area contributed by atoms with Crippen molar-refractivity contribution in [2.45, 2.75) is 6.42 Å². The number of likely N-dealkylation sites (N-methyl/N-ethyl adjacent to an activating group) is 1. The summed E-state index contributed by atoms with van der Waals surface area (Å²) in [6, 6.07) is 2.04. The summed E-state index contributed by atoms with van der Waals surface area (Å²) in [5.74, 6) is -0.471. The third-order valence-corrected chi connectivity index (χ3v) is 2.22. The molecule has 14 heavy (non-hydrogen) atoms. The lowest BCUT2D eigenvalue weighted by Gasteiger charge is -2.17. The van der Waals surface area contributed by atoms with E-state index in [1.807, 2.05) is 6.07 Å². The molecule has 1 aliphatic heterocycles. The Hall–Kier alpha value is -1.57. The summed E-state index contributed by atoms with van der Waals surface area (Å²) in [7, 11) is 3.29. The smallest absolute Gasteiger partial charge is 0.241 e. The zero-order chi connectivity index (χ0) is 10.7.